The molecule has 19 heavy (non-hydrogen) atoms. The minimum atomic E-state index is -0.647. The van der Waals surface area contributed by atoms with Gasteiger partial charge in [-0.2, -0.15) is 0 Å². The lowest BCUT2D eigenvalue weighted by atomic mass is 10.2. The van der Waals surface area contributed by atoms with Crippen molar-refractivity contribution in [2.24, 2.45) is 0 Å². The summed E-state index contributed by atoms with van der Waals surface area (Å²) < 4.78 is 0. The van der Waals surface area contributed by atoms with Gasteiger partial charge < -0.3 is 10.6 Å². The number of hydrogen-bond donors (Lipinski definition) is 2. The Labute approximate surface area is 109 Å². The molecule has 0 heterocycles. The van der Waals surface area contributed by atoms with Gasteiger partial charge in [-0.3, -0.25) is 20.2 Å². The Hall–Kier alpha value is -2.22. The number of nitrogens with zero attached hydrogens (tertiary/aromatic N) is 2. The van der Waals surface area contributed by atoms with E-state index in [2.05, 4.69) is 10.6 Å². The second-order valence-electron chi connectivity index (χ2n) is 4.37. The van der Waals surface area contributed by atoms with Crippen LogP contribution in [0.5, 0.6) is 0 Å². The first kappa shape index (κ1) is 13.2. The molecule has 102 valence electrons. The third-order valence-corrected chi connectivity index (χ3v) is 2.84. The van der Waals surface area contributed by atoms with Crippen molar-refractivity contribution in [3.8, 4) is 0 Å². The smallest absolute Gasteiger partial charge is 0.299 e. The van der Waals surface area contributed by atoms with Gasteiger partial charge in [0.1, 0.15) is 5.69 Å². The summed E-state index contributed by atoms with van der Waals surface area (Å²) in [4.78, 5) is 20.2. The van der Waals surface area contributed by atoms with E-state index in [1.165, 1.54) is 25.0 Å². The van der Waals surface area contributed by atoms with E-state index in [9.17, 15) is 20.2 Å². The number of nitrogens with one attached hydrogen (secondary N) is 2. The molecule has 0 saturated heterocycles. The second kappa shape index (κ2) is 5.61. The lowest BCUT2D eigenvalue weighted by Crippen LogP contribution is -2.24. The molecule has 0 atom stereocenters. The Morgan fingerprint density at radius 2 is 1.89 bits per heavy atom. The number of anilines is 1. The normalized spacial score (nSPS) is 14.1. The molecule has 1 aliphatic rings. The third kappa shape index (κ3) is 3.62. The van der Waals surface area contributed by atoms with E-state index in [0.29, 0.717) is 24.8 Å². The average molecular weight is 266 g/mol. The van der Waals surface area contributed by atoms with Crippen LogP contribution < -0.4 is 10.6 Å². The Morgan fingerprint density at radius 3 is 2.47 bits per heavy atom. The van der Waals surface area contributed by atoms with Gasteiger partial charge in [0.05, 0.1) is 15.9 Å². The average Bonchev–Trinajstić information content (AvgIpc) is 3.18. The van der Waals surface area contributed by atoms with Crippen molar-refractivity contribution >= 4 is 17.1 Å². The predicted octanol–water partition coefficient (Wildman–Crippen LogP) is 1.67. The summed E-state index contributed by atoms with van der Waals surface area (Å²) in [6.45, 7) is 1.24. The van der Waals surface area contributed by atoms with Crippen LogP contribution in [-0.4, -0.2) is 29.0 Å². The van der Waals surface area contributed by atoms with E-state index in [1.807, 2.05) is 0 Å². The van der Waals surface area contributed by atoms with Gasteiger partial charge in [0.25, 0.3) is 11.4 Å². The summed E-state index contributed by atoms with van der Waals surface area (Å²) in [7, 11) is 0. The second-order valence-corrected chi connectivity index (χ2v) is 4.37. The molecule has 0 aromatic heterocycles. The van der Waals surface area contributed by atoms with E-state index in [-0.39, 0.29) is 11.4 Å². The summed E-state index contributed by atoms with van der Waals surface area (Å²) in [5.41, 5.74) is -0.262. The summed E-state index contributed by atoms with van der Waals surface area (Å²) in [5.74, 6) is 0. The van der Waals surface area contributed by atoms with Crippen molar-refractivity contribution in [2.45, 2.75) is 18.9 Å². The lowest BCUT2D eigenvalue weighted by Gasteiger charge is -2.07. The van der Waals surface area contributed by atoms with Crippen molar-refractivity contribution in [2.75, 3.05) is 18.4 Å². The number of benzene rings is 1. The predicted molar refractivity (Wildman–Crippen MR) is 69.3 cm³/mol. The molecule has 1 saturated carbocycles. The first-order chi connectivity index (χ1) is 9.08. The Bertz CT molecular complexity index is 501. The van der Waals surface area contributed by atoms with Gasteiger partial charge in [0.2, 0.25) is 0 Å². The highest BCUT2D eigenvalue weighted by atomic mass is 16.6. The van der Waals surface area contributed by atoms with Crippen molar-refractivity contribution in [3.63, 3.8) is 0 Å². The molecule has 1 aliphatic carbocycles. The molecule has 8 heteroatoms. The molecule has 0 bridgehead atoms. The van der Waals surface area contributed by atoms with Crippen molar-refractivity contribution in [1.29, 1.82) is 0 Å². The van der Waals surface area contributed by atoms with Gasteiger partial charge in [0, 0.05) is 25.2 Å². The molecule has 2 rings (SSSR count). The summed E-state index contributed by atoms with van der Waals surface area (Å²) in [5, 5.41) is 27.6. The first-order valence-electron chi connectivity index (χ1n) is 5.98. The van der Waals surface area contributed by atoms with Crippen LogP contribution >= 0.6 is 0 Å². The van der Waals surface area contributed by atoms with Crippen LogP contribution in [0.2, 0.25) is 0 Å². The molecule has 8 nitrogen and oxygen atoms in total. The zero-order valence-corrected chi connectivity index (χ0v) is 10.2. The fourth-order valence-corrected chi connectivity index (χ4v) is 1.70. The van der Waals surface area contributed by atoms with Crippen LogP contribution in [-0.2, 0) is 0 Å². The van der Waals surface area contributed by atoms with Crippen LogP contribution in [0, 0.1) is 20.2 Å². The van der Waals surface area contributed by atoms with E-state index in [4.69, 9.17) is 0 Å². The van der Waals surface area contributed by atoms with Crippen molar-refractivity contribution in [1.82, 2.24) is 5.32 Å². The van der Waals surface area contributed by atoms with Crippen LogP contribution in [0.25, 0.3) is 0 Å². The Balaban J connectivity index is 2.00. The fourth-order valence-electron chi connectivity index (χ4n) is 1.70. The molecule has 1 aromatic carbocycles. The molecular formula is C11H14N4O4. The molecule has 0 spiro atoms. The van der Waals surface area contributed by atoms with Crippen LogP contribution in [0.3, 0.4) is 0 Å². The lowest BCUT2D eigenvalue weighted by molar-refractivity contribution is -0.393. The summed E-state index contributed by atoms with van der Waals surface area (Å²) in [6.07, 6.45) is 2.36. The minimum absolute atomic E-state index is 0.277. The van der Waals surface area contributed by atoms with Crippen LogP contribution in [0.4, 0.5) is 17.1 Å². The number of nitro groups is 2. The van der Waals surface area contributed by atoms with Crippen molar-refractivity contribution < 1.29 is 9.85 Å². The summed E-state index contributed by atoms with van der Waals surface area (Å²) in [6, 6.07) is 4.17. The standard InChI is InChI=1S/C11H14N4O4/c16-14(17)9-3-4-10(11(7-9)15(18)19)13-6-5-12-8-1-2-8/h3-4,7-8,12-13H,1-2,5-6H2. The molecule has 0 amide bonds. The topological polar surface area (TPSA) is 110 Å². The number of nitro benzene ring substituents is 2. The largest absolute Gasteiger partial charge is 0.378 e. The fraction of sp³-hybridized carbons (Fsp3) is 0.455. The van der Waals surface area contributed by atoms with Gasteiger partial charge >= 0.3 is 0 Å². The molecule has 0 unspecified atom stereocenters. The van der Waals surface area contributed by atoms with Crippen LogP contribution in [0.15, 0.2) is 18.2 Å². The number of hydrogen-bond acceptors (Lipinski definition) is 6. The minimum Gasteiger partial charge on any atom is -0.378 e. The molecule has 0 radical (unpaired) electrons. The quantitative estimate of drug-likeness (QED) is 0.441. The summed E-state index contributed by atoms with van der Waals surface area (Å²) >= 11 is 0. The van der Waals surface area contributed by atoms with Gasteiger partial charge in [-0.15, -0.1) is 0 Å². The van der Waals surface area contributed by atoms with E-state index < -0.39 is 9.85 Å². The maximum absolute atomic E-state index is 10.9. The number of non-ortho nitro benzene ring substituents is 1. The molecular weight excluding hydrogens is 252 g/mol. The number of rotatable bonds is 7. The molecule has 1 aromatic rings. The van der Waals surface area contributed by atoms with Gasteiger partial charge in [-0.25, -0.2) is 0 Å². The van der Waals surface area contributed by atoms with E-state index in [1.54, 1.807) is 0 Å². The SMILES string of the molecule is O=[N+]([O-])c1ccc(NCCNC2CC2)c([N+](=O)[O-])c1. The van der Waals surface area contributed by atoms with Gasteiger partial charge in [-0.05, 0) is 18.9 Å². The van der Waals surface area contributed by atoms with Crippen molar-refractivity contribution in [3.05, 3.63) is 38.4 Å². The molecule has 1 fully saturated rings. The highest BCUT2D eigenvalue weighted by Crippen LogP contribution is 2.28. The monoisotopic (exact) mass is 266 g/mol. The third-order valence-electron chi connectivity index (χ3n) is 2.84. The zero-order chi connectivity index (χ0) is 13.8. The Morgan fingerprint density at radius 1 is 1.16 bits per heavy atom. The van der Waals surface area contributed by atoms with E-state index >= 15 is 0 Å². The van der Waals surface area contributed by atoms with Gasteiger partial charge in [-0.1, -0.05) is 0 Å². The molecule has 2 N–H and O–H groups in total. The Kier molecular flexibility index (Phi) is 3.91. The maximum Gasteiger partial charge on any atom is 0.299 e. The first-order valence-corrected chi connectivity index (χ1v) is 5.98. The highest BCUT2D eigenvalue weighted by molar-refractivity contribution is 5.65. The highest BCUT2D eigenvalue weighted by Gasteiger charge is 2.21. The zero-order valence-electron chi connectivity index (χ0n) is 10.2. The van der Waals surface area contributed by atoms with Crippen LogP contribution in [0.1, 0.15) is 12.8 Å². The maximum atomic E-state index is 10.9. The van der Waals surface area contributed by atoms with Gasteiger partial charge in [0.15, 0.2) is 0 Å². The van der Waals surface area contributed by atoms with E-state index in [0.717, 1.165) is 6.07 Å². The molecule has 0 aliphatic heterocycles.